The summed E-state index contributed by atoms with van der Waals surface area (Å²) in [4.78, 5) is 12.2. The number of halogens is 1. The van der Waals surface area contributed by atoms with Crippen LogP contribution in [0.2, 0.25) is 0 Å². The van der Waals surface area contributed by atoms with Gasteiger partial charge in [-0.3, -0.25) is 9.48 Å². The van der Waals surface area contributed by atoms with E-state index in [0.29, 0.717) is 13.1 Å². The van der Waals surface area contributed by atoms with E-state index >= 15 is 0 Å². The maximum atomic E-state index is 13.6. The van der Waals surface area contributed by atoms with Crippen LogP contribution < -0.4 is 10.1 Å². The number of nitrogens with one attached hydrogen (secondary N) is 1. The van der Waals surface area contributed by atoms with Crippen LogP contribution in [0.3, 0.4) is 0 Å². The first-order valence-corrected chi connectivity index (χ1v) is 9.98. The highest BCUT2D eigenvalue weighted by Gasteiger charge is 2.09. The summed E-state index contributed by atoms with van der Waals surface area (Å²) in [5.74, 6) is -0.738. The summed E-state index contributed by atoms with van der Waals surface area (Å²) in [6.07, 6.45) is 3.70. The Labute approximate surface area is 180 Å². The Hall–Kier alpha value is -3.93. The van der Waals surface area contributed by atoms with E-state index in [2.05, 4.69) is 34.7 Å². The highest BCUT2D eigenvalue weighted by atomic mass is 19.1. The van der Waals surface area contributed by atoms with Gasteiger partial charge < -0.3 is 10.1 Å². The number of rotatable bonds is 8. The topological polar surface area (TPSA) is 56.1 Å². The van der Waals surface area contributed by atoms with Gasteiger partial charge in [-0.2, -0.15) is 5.10 Å². The lowest BCUT2D eigenvalue weighted by Crippen LogP contribution is -2.28. The third-order valence-electron chi connectivity index (χ3n) is 4.86. The zero-order valence-corrected chi connectivity index (χ0v) is 16.9. The van der Waals surface area contributed by atoms with Gasteiger partial charge in [0, 0.05) is 18.9 Å². The van der Waals surface area contributed by atoms with Gasteiger partial charge in [0.2, 0.25) is 0 Å². The van der Waals surface area contributed by atoms with E-state index < -0.39 is 5.82 Å². The molecule has 1 aromatic heterocycles. The number of hydrogen-bond donors (Lipinski definition) is 1. The molecule has 0 unspecified atom stereocenters. The molecule has 0 radical (unpaired) electrons. The molecule has 0 bridgehead atoms. The molecule has 0 aliphatic rings. The van der Waals surface area contributed by atoms with Crippen LogP contribution in [0.15, 0.2) is 91.3 Å². The van der Waals surface area contributed by atoms with Crippen LogP contribution in [0.5, 0.6) is 5.75 Å². The van der Waals surface area contributed by atoms with Crippen molar-refractivity contribution < 1.29 is 13.9 Å². The fourth-order valence-corrected chi connectivity index (χ4v) is 3.28. The number of ether oxygens (including phenoxy) is 1. The van der Waals surface area contributed by atoms with E-state index in [0.717, 1.165) is 22.3 Å². The second-order valence-corrected chi connectivity index (χ2v) is 7.05. The first kappa shape index (κ1) is 20.3. The van der Waals surface area contributed by atoms with Gasteiger partial charge in [0.1, 0.15) is 0 Å². The normalized spacial score (nSPS) is 10.6. The zero-order valence-electron chi connectivity index (χ0n) is 16.9. The van der Waals surface area contributed by atoms with E-state index in [1.807, 2.05) is 41.2 Å². The van der Waals surface area contributed by atoms with Crippen molar-refractivity contribution in [3.63, 3.8) is 0 Å². The van der Waals surface area contributed by atoms with Gasteiger partial charge in [0.15, 0.2) is 18.2 Å². The minimum absolute atomic E-state index is 0.0632. The average molecular weight is 415 g/mol. The largest absolute Gasteiger partial charge is 0.481 e. The third kappa shape index (κ3) is 5.36. The monoisotopic (exact) mass is 415 g/mol. The summed E-state index contributed by atoms with van der Waals surface area (Å²) < 4.78 is 20.7. The Kier molecular flexibility index (Phi) is 6.38. The number of para-hydroxylation sites is 1. The van der Waals surface area contributed by atoms with Crippen molar-refractivity contribution in [2.24, 2.45) is 0 Å². The highest BCUT2D eigenvalue weighted by Crippen LogP contribution is 2.24. The van der Waals surface area contributed by atoms with E-state index in [-0.39, 0.29) is 18.3 Å². The van der Waals surface area contributed by atoms with E-state index in [1.54, 1.807) is 18.3 Å². The first-order valence-electron chi connectivity index (χ1n) is 9.98. The molecule has 0 saturated heterocycles. The van der Waals surface area contributed by atoms with Gasteiger partial charge in [-0.25, -0.2) is 4.39 Å². The lowest BCUT2D eigenvalue weighted by Gasteiger charge is -2.12. The number of benzene rings is 3. The Morgan fingerprint density at radius 3 is 2.52 bits per heavy atom. The summed E-state index contributed by atoms with van der Waals surface area (Å²) in [5, 5.41) is 7.07. The molecule has 0 spiro atoms. The molecule has 3 aromatic carbocycles. The SMILES string of the molecule is O=C(COc1ccccc1F)NCc1ccccc1-c1ccc(Cn2cccn2)cc1. The van der Waals surface area contributed by atoms with Crippen LogP contribution in [-0.4, -0.2) is 22.3 Å². The Morgan fingerprint density at radius 1 is 0.968 bits per heavy atom. The quantitative estimate of drug-likeness (QED) is 0.463. The number of hydrogen-bond acceptors (Lipinski definition) is 3. The molecular weight excluding hydrogens is 393 g/mol. The molecule has 156 valence electrons. The molecular formula is C25H22FN3O2. The summed E-state index contributed by atoms with van der Waals surface area (Å²) in [6, 6.07) is 24.1. The molecule has 1 amide bonds. The van der Waals surface area contributed by atoms with Gasteiger partial charge in [-0.15, -0.1) is 0 Å². The average Bonchev–Trinajstić information content (AvgIpc) is 3.31. The van der Waals surface area contributed by atoms with Crippen molar-refractivity contribution in [2.75, 3.05) is 6.61 Å². The molecule has 4 aromatic rings. The molecule has 1 N–H and O–H groups in total. The predicted molar refractivity (Wildman–Crippen MR) is 117 cm³/mol. The molecule has 0 saturated carbocycles. The van der Waals surface area contributed by atoms with Crippen molar-refractivity contribution >= 4 is 5.91 Å². The van der Waals surface area contributed by atoms with Crippen molar-refractivity contribution in [1.29, 1.82) is 0 Å². The molecule has 0 fully saturated rings. The van der Waals surface area contributed by atoms with E-state index in [1.165, 1.54) is 12.1 Å². The van der Waals surface area contributed by atoms with Gasteiger partial charge in [-0.05, 0) is 40.5 Å². The standard InChI is InChI=1S/C25H22FN3O2/c26-23-8-3-4-9-24(23)31-18-25(30)27-16-21-6-1-2-7-22(21)20-12-10-19(11-13-20)17-29-15-5-14-28-29/h1-15H,16-18H2,(H,27,30). The second-order valence-electron chi connectivity index (χ2n) is 7.05. The van der Waals surface area contributed by atoms with Gasteiger partial charge >= 0.3 is 0 Å². The predicted octanol–water partition coefficient (Wildman–Crippen LogP) is 4.43. The fourth-order valence-electron chi connectivity index (χ4n) is 3.28. The Bertz CT molecular complexity index is 1140. The number of aromatic nitrogens is 2. The molecule has 0 atom stereocenters. The van der Waals surface area contributed by atoms with Crippen LogP contribution >= 0.6 is 0 Å². The van der Waals surface area contributed by atoms with Crippen LogP contribution in [0.4, 0.5) is 4.39 Å². The Morgan fingerprint density at radius 2 is 1.74 bits per heavy atom. The number of nitrogens with zero attached hydrogens (tertiary/aromatic N) is 2. The molecule has 5 nitrogen and oxygen atoms in total. The maximum Gasteiger partial charge on any atom is 0.258 e. The summed E-state index contributed by atoms with van der Waals surface area (Å²) in [5.41, 5.74) is 4.25. The second kappa shape index (κ2) is 9.71. The van der Waals surface area contributed by atoms with Gasteiger partial charge in [-0.1, -0.05) is 60.7 Å². The summed E-state index contributed by atoms with van der Waals surface area (Å²) >= 11 is 0. The van der Waals surface area contributed by atoms with Crippen LogP contribution in [0, 0.1) is 5.82 Å². The van der Waals surface area contributed by atoms with Gasteiger partial charge in [0.05, 0.1) is 6.54 Å². The molecule has 1 heterocycles. The van der Waals surface area contributed by atoms with Crippen LogP contribution in [0.25, 0.3) is 11.1 Å². The number of amides is 1. The third-order valence-corrected chi connectivity index (χ3v) is 4.86. The fraction of sp³-hybridized carbons (Fsp3) is 0.120. The van der Waals surface area contributed by atoms with Crippen molar-refractivity contribution in [1.82, 2.24) is 15.1 Å². The smallest absolute Gasteiger partial charge is 0.258 e. The first-order chi connectivity index (χ1) is 15.2. The highest BCUT2D eigenvalue weighted by molar-refractivity contribution is 5.78. The molecule has 0 aliphatic heterocycles. The Balaban J connectivity index is 1.38. The van der Waals surface area contributed by atoms with Crippen molar-refractivity contribution in [3.05, 3.63) is 108 Å². The molecule has 6 heteroatoms. The molecule has 0 aliphatic carbocycles. The van der Waals surface area contributed by atoms with Crippen LogP contribution in [-0.2, 0) is 17.9 Å². The minimum atomic E-state index is -0.489. The van der Waals surface area contributed by atoms with Crippen molar-refractivity contribution in [3.8, 4) is 16.9 Å². The van der Waals surface area contributed by atoms with Crippen molar-refractivity contribution in [2.45, 2.75) is 13.1 Å². The van der Waals surface area contributed by atoms with Crippen LogP contribution in [0.1, 0.15) is 11.1 Å². The molecule has 31 heavy (non-hydrogen) atoms. The summed E-state index contributed by atoms with van der Waals surface area (Å²) in [6.45, 7) is 0.822. The van der Waals surface area contributed by atoms with E-state index in [4.69, 9.17) is 4.74 Å². The van der Waals surface area contributed by atoms with Gasteiger partial charge in [0.25, 0.3) is 5.91 Å². The zero-order chi connectivity index (χ0) is 21.5. The minimum Gasteiger partial charge on any atom is -0.481 e. The molecule has 4 rings (SSSR count). The van der Waals surface area contributed by atoms with E-state index in [9.17, 15) is 9.18 Å². The number of carbonyl (C=O) groups is 1. The lowest BCUT2D eigenvalue weighted by molar-refractivity contribution is -0.123. The number of carbonyl (C=O) groups excluding carboxylic acids is 1. The lowest BCUT2D eigenvalue weighted by atomic mass is 9.98. The maximum absolute atomic E-state index is 13.6. The summed E-state index contributed by atoms with van der Waals surface area (Å²) in [7, 11) is 0.